The second-order valence-electron chi connectivity index (χ2n) is 7.45. The average molecular weight is 381 g/mol. The van der Waals surface area contributed by atoms with Gasteiger partial charge < -0.3 is 15.4 Å². The summed E-state index contributed by atoms with van der Waals surface area (Å²) in [5.41, 5.74) is 4.73. The Kier molecular flexibility index (Phi) is 7.43. The van der Waals surface area contributed by atoms with E-state index in [0.717, 1.165) is 44.2 Å². The van der Waals surface area contributed by atoms with Crippen molar-refractivity contribution in [3.8, 4) is 0 Å². The Hall–Kier alpha value is -2.40. The lowest BCUT2D eigenvalue weighted by molar-refractivity contribution is -0.0265. The first-order chi connectivity index (χ1) is 13.7. The molecule has 2 heterocycles. The smallest absolute Gasteiger partial charge is 0.191 e. The van der Waals surface area contributed by atoms with E-state index < -0.39 is 0 Å². The summed E-state index contributed by atoms with van der Waals surface area (Å²) in [5, 5.41) is 6.87. The summed E-state index contributed by atoms with van der Waals surface area (Å²) in [5.74, 6) is 1.26. The van der Waals surface area contributed by atoms with Crippen LogP contribution in [0.5, 0.6) is 0 Å². The van der Waals surface area contributed by atoms with Crippen molar-refractivity contribution in [3.63, 3.8) is 0 Å². The maximum Gasteiger partial charge on any atom is 0.191 e. The Morgan fingerprint density at radius 3 is 2.75 bits per heavy atom. The molecular weight excluding hydrogens is 348 g/mol. The number of nitrogens with one attached hydrogen (secondary N) is 2. The Bertz CT molecular complexity index is 772. The molecule has 0 saturated carbocycles. The van der Waals surface area contributed by atoms with Gasteiger partial charge in [0.15, 0.2) is 5.96 Å². The van der Waals surface area contributed by atoms with Gasteiger partial charge in [0.05, 0.1) is 18.3 Å². The van der Waals surface area contributed by atoms with Crippen LogP contribution in [0.1, 0.15) is 48.3 Å². The summed E-state index contributed by atoms with van der Waals surface area (Å²) in [6, 6.07) is 12.8. The van der Waals surface area contributed by atoms with Crippen LogP contribution in [0.4, 0.5) is 0 Å². The van der Waals surface area contributed by atoms with Crippen LogP contribution in [0, 0.1) is 19.8 Å². The standard InChI is InChI=1S/C23H32N4O/c1-4-24-23(27-16-21-18(3)7-5-13-25-21)26-15-20-8-6-14-28-22(20)19-11-9-17(2)10-12-19/h5,7,9-13,20,22H,4,6,8,14-16H2,1-3H3,(H2,24,26,27). The number of nitrogens with zero attached hydrogens (tertiary/aromatic N) is 2. The molecule has 5 heteroatoms. The predicted molar refractivity (Wildman–Crippen MR) is 114 cm³/mol. The first-order valence-electron chi connectivity index (χ1n) is 10.3. The lowest BCUT2D eigenvalue weighted by atomic mass is 9.89. The first kappa shape index (κ1) is 20.3. The van der Waals surface area contributed by atoms with E-state index in [1.807, 2.05) is 12.3 Å². The molecule has 0 radical (unpaired) electrons. The molecule has 1 aliphatic rings. The van der Waals surface area contributed by atoms with Crippen molar-refractivity contribution < 1.29 is 4.74 Å². The van der Waals surface area contributed by atoms with Gasteiger partial charge in [0, 0.05) is 31.8 Å². The fourth-order valence-corrected chi connectivity index (χ4v) is 3.58. The Morgan fingerprint density at radius 1 is 1.18 bits per heavy atom. The lowest BCUT2D eigenvalue weighted by Gasteiger charge is -2.32. The molecule has 3 rings (SSSR count). The van der Waals surface area contributed by atoms with Gasteiger partial charge in [-0.3, -0.25) is 4.98 Å². The molecule has 0 bridgehead atoms. The third kappa shape index (κ3) is 5.55. The molecule has 1 fully saturated rings. The summed E-state index contributed by atoms with van der Waals surface area (Å²) in [6.07, 6.45) is 4.23. The number of hydrogen-bond acceptors (Lipinski definition) is 3. The number of benzene rings is 1. The zero-order valence-electron chi connectivity index (χ0n) is 17.2. The van der Waals surface area contributed by atoms with E-state index >= 15 is 0 Å². The molecular formula is C23H32N4O. The zero-order chi connectivity index (χ0) is 19.8. The average Bonchev–Trinajstić information content (AvgIpc) is 2.72. The number of guanidine groups is 1. The Balaban J connectivity index is 1.64. The van der Waals surface area contributed by atoms with Crippen LogP contribution in [-0.2, 0) is 11.3 Å². The van der Waals surface area contributed by atoms with E-state index in [-0.39, 0.29) is 6.10 Å². The molecule has 1 saturated heterocycles. The first-order valence-corrected chi connectivity index (χ1v) is 10.3. The molecule has 0 aliphatic carbocycles. The third-order valence-corrected chi connectivity index (χ3v) is 5.23. The lowest BCUT2D eigenvalue weighted by Crippen LogP contribution is -2.42. The largest absolute Gasteiger partial charge is 0.373 e. The van der Waals surface area contributed by atoms with E-state index in [1.54, 1.807) is 0 Å². The van der Waals surface area contributed by atoms with Gasteiger partial charge in [0.1, 0.15) is 0 Å². The summed E-state index contributed by atoms with van der Waals surface area (Å²) in [6.45, 7) is 9.35. The normalized spacial score (nSPS) is 20.0. The Morgan fingerprint density at radius 2 is 2.00 bits per heavy atom. The van der Waals surface area contributed by atoms with Crippen molar-refractivity contribution in [2.45, 2.75) is 46.3 Å². The van der Waals surface area contributed by atoms with Crippen LogP contribution in [0.15, 0.2) is 47.6 Å². The van der Waals surface area contributed by atoms with Gasteiger partial charge >= 0.3 is 0 Å². The minimum atomic E-state index is 0.141. The van der Waals surface area contributed by atoms with E-state index in [9.17, 15) is 0 Å². The molecule has 2 atom stereocenters. The maximum absolute atomic E-state index is 6.14. The summed E-state index contributed by atoms with van der Waals surface area (Å²) < 4.78 is 6.14. The number of hydrogen-bond donors (Lipinski definition) is 2. The maximum atomic E-state index is 6.14. The summed E-state index contributed by atoms with van der Waals surface area (Å²) in [4.78, 5) is 9.17. The van der Waals surface area contributed by atoms with Gasteiger partial charge in [-0.15, -0.1) is 0 Å². The molecule has 2 unspecified atom stereocenters. The monoisotopic (exact) mass is 380 g/mol. The van der Waals surface area contributed by atoms with Crippen molar-refractivity contribution in [2.24, 2.45) is 10.9 Å². The van der Waals surface area contributed by atoms with E-state index in [0.29, 0.717) is 12.5 Å². The fourth-order valence-electron chi connectivity index (χ4n) is 3.58. The van der Waals surface area contributed by atoms with Gasteiger partial charge in [-0.25, -0.2) is 4.99 Å². The van der Waals surface area contributed by atoms with Crippen molar-refractivity contribution in [2.75, 3.05) is 19.7 Å². The molecule has 150 valence electrons. The molecule has 2 aromatic rings. The SMILES string of the molecule is CCNC(=NCc1ncccc1C)NCC1CCCOC1c1ccc(C)cc1. The van der Waals surface area contributed by atoms with Crippen LogP contribution in [0.2, 0.25) is 0 Å². The van der Waals surface area contributed by atoms with Crippen LogP contribution in [-0.4, -0.2) is 30.6 Å². The quantitative estimate of drug-likeness (QED) is 0.589. The van der Waals surface area contributed by atoms with Crippen LogP contribution < -0.4 is 10.6 Å². The van der Waals surface area contributed by atoms with Gasteiger partial charge in [-0.1, -0.05) is 35.9 Å². The highest BCUT2D eigenvalue weighted by molar-refractivity contribution is 5.79. The van der Waals surface area contributed by atoms with E-state index in [1.165, 1.54) is 16.7 Å². The minimum Gasteiger partial charge on any atom is -0.373 e. The van der Waals surface area contributed by atoms with Crippen LogP contribution in [0.25, 0.3) is 0 Å². The molecule has 1 aromatic carbocycles. The van der Waals surface area contributed by atoms with Crippen LogP contribution >= 0.6 is 0 Å². The number of aliphatic imine (C=N–C) groups is 1. The fraction of sp³-hybridized carbons (Fsp3) is 0.478. The molecule has 1 aliphatic heterocycles. The van der Waals surface area contributed by atoms with Crippen LogP contribution in [0.3, 0.4) is 0 Å². The van der Waals surface area contributed by atoms with Crippen molar-refractivity contribution in [1.29, 1.82) is 0 Å². The van der Waals surface area contributed by atoms with Gasteiger partial charge in [0.25, 0.3) is 0 Å². The molecule has 0 amide bonds. The highest BCUT2D eigenvalue weighted by Crippen LogP contribution is 2.33. The molecule has 1 aromatic heterocycles. The zero-order valence-corrected chi connectivity index (χ0v) is 17.2. The van der Waals surface area contributed by atoms with E-state index in [4.69, 9.17) is 9.73 Å². The van der Waals surface area contributed by atoms with Crippen molar-refractivity contribution in [3.05, 3.63) is 65.0 Å². The third-order valence-electron chi connectivity index (χ3n) is 5.23. The topological polar surface area (TPSA) is 58.5 Å². The van der Waals surface area contributed by atoms with Crippen molar-refractivity contribution >= 4 is 5.96 Å². The molecule has 28 heavy (non-hydrogen) atoms. The predicted octanol–water partition coefficient (Wildman–Crippen LogP) is 3.92. The number of aryl methyl sites for hydroxylation is 2. The Labute approximate surface area is 168 Å². The van der Waals surface area contributed by atoms with Crippen molar-refractivity contribution in [1.82, 2.24) is 15.6 Å². The van der Waals surface area contributed by atoms with E-state index in [2.05, 4.69) is 66.7 Å². The summed E-state index contributed by atoms with van der Waals surface area (Å²) in [7, 11) is 0. The van der Waals surface area contributed by atoms with Gasteiger partial charge in [-0.2, -0.15) is 0 Å². The number of aromatic nitrogens is 1. The van der Waals surface area contributed by atoms with Gasteiger partial charge in [-0.05, 0) is 50.8 Å². The minimum absolute atomic E-state index is 0.141. The second-order valence-corrected chi connectivity index (χ2v) is 7.45. The second kappa shape index (κ2) is 10.2. The highest BCUT2D eigenvalue weighted by atomic mass is 16.5. The molecule has 2 N–H and O–H groups in total. The molecule has 5 nitrogen and oxygen atoms in total. The number of rotatable bonds is 6. The highest BCUT2D eigenvalue weighted by Gasteiger charge is 2.27. The molecule has 0 spiro atoms. The number of ether oxygens (including phenoxy) is 1. The summed E-state index contributed by atoms with van der Waals surface area (Å²) >= 11 is 0. The number of pyridine rings is 1. The van der Waals surface area contributed by atoms with Gasteiger partial charge in [0.2, 0.25) is 0 Å².